The number of rotatable bonds is 8. The van der Waals surface area contributed by atoms with Gasteiger partial charge in [0.15, 0.2) is 0 Å². The van der Waals surface area contributed by atoms with Crippen molar-refractivity contribution in [3.8, 4) is 0 Å². The highest BCUT2D eigenvalue weighted by Gasteiger charge is 2.40. The molecule has 11 heteroatoms. The highest BCUT2D eigenvalue weighted by atomic mass is 19.1. The van der Waals surface area contributed by atoms with Crippen molar-refractivity contribution in [1.82, 2.24) is 20.9 Å². The number of benzene rings is 1. The number of carbonyl (C=O) groups excluding carboxylic acids is 4. The zero-order chi connectivity index (χ0) is 27.1. The zero-order valence-corrected chi connectivity index (χ0v) is 21.7. The molecule has 0 aromatic heterocycles. The summed E-state index contributed by atoms with van der Waals surface area (Å²) in [6.45, 7) is 1.03. The highest BCUT2D eigenvalue weighted by molar-refractivity contribution is 5.93. The highest BCUT2D eigenvalue weighted by Crippen LogP contribution is 2.28. The number of hydrogen-bond acceptors (Lipinski definition) is 5. The van der Waals surface area contributed by atoms with E-state index >= 15 is 0 Å². The van der Waals surface area contributed by atoms with Gasteiger partial charge in [-0.2, -0.15) is 0 Å². The van der Waals surface area contributed by atoms with Crippen LogP contribution >= 0.6 is 0 Å². The summed E-state index contributed by atoms with van der Waals surface area (Å²) in [4.78, 5) is 53.3. The van der Waals surface area contributed by atoms with Gasteiger partial charge in [0.1, 0.15) is 17.9 Å². The van der Waals surface area contributed by atoms with Crippen LogP contribution in [-0.2, 0) is 14.4 Å². The number of nitrogens with one attached hydrogen (secondary N) is 4. The third-order valence-electron chi connectivity index (χ3n) is 7.92. The van der Waals surface area contributed by atoms with Gasteiger partial charge in [0.05, 0.1) is 6.04 Å². The fourth-order valence-corrected chi connectivity index (χ4v) is 5.89. The molecule has 1 aromatic carbocycles. The number of urea groups is 1. The summed E-state index contributed by atoms with van der Waals surface area (Å²) in [5.41, 5.74) is 5.98. The normalized spacial score (nSPS) is 24.9. The Hall–Kier alpha value is -3.21. The molecule has 38 heavy (non-hydrogen) atoms. The van der Waals surface area contributed by atoms with Crippen LogP contribution in [0.2, 0.25) is 0 Å². The SMILES string of the molecule is NC(=O)[C@H](CC1CCCCC1)NC(=O)[C@@H]1C[C@@H](NC(=O)Nc2cccc(F)c2)CCN1C(=O)[C@H]1CCCN1. The van der Waals surface area contributed by atoms with Crippen molar-refractivity contribution in [2.75, 3.05) is 18.4 Å². The van der Waals surface area contributed by atoms with E-state index in [2.05, 4.69) is 21.3 Å². The summed E-state index contributed by atoms with van der Waals surface area (Å²) in [7, 11) is 0. The molecule has 6 N–H and O–H groups in total. The average Bonchev–Trinajstić information content (AvgIpc) is 3.43. The summed E-state index contributed by atoms with van der Waals surface area (Å²) in [6, 6.07) is 2.63. The number of anilines is 1. The summed E-state index contributed by atoms with van der Waals surface area (Å²) in [5.74, 6) is -1.31. The molecular weight excluding hydrogens is 491 g/mol. The third kappa shape index (κ3) is 7.43. The smallest absolute Gasteiger partial charge is 0.319 e. The predicted molar refractivity (Wildman–Crippen MR) is 140 cm³/mol. The van der Waals surface area contributed by atoms with Crippen molar-refractivity contribution in [1.29, 1.82) is 0 Å². The number of carbonyl (C=O) groups is 4. The van der Waals surface area contributed by atoms with Gasteiger partial charge in [-0.05, 0) is 62.8 Å². The minimum atomic E-state index is -0.855. The van der Waals surface area contributed by atoms with Crippen molar-refractivity contribution in [3.05, 3.63) is 30.1 Å². The molecule has 208 valence electrons. The zero-order valence-electron chi connectivity index (χ0n) is 21.7. The van der Waals surface area contributed by atoms with E-state index in [1.54, 1.807) is 11.0 Å². The summed E-state index contributed by atoms with van der Waals surface area (Å²) < 4.78 is 13.5. The molecule has 0 spiro atoms. The topological polar surface area (TPSA) is 146 Å². The Kier molecular flexibility index (Phi) is 9.54. The first-order chi connectivity index (χ1) is 18.3. The van der Waals surface area contributed by atoms with Gasteiger partial charge in [0.25, 0.3) is 0 Å². The van der Waals surface area contributed by atoms with Crippen LogP contribution in [-0.4, -0.2) is 65.9 Å². The number of primary amides is 1. The second-order valence-corrected chi connectivity index (χ2v) is 10.7. The Morgan fingerprint density at radius 1 is 1.08 bits per heavy atom. The molecule has 1 saturated carbocycles. The largest absolute Gasteiger partial charge is 0.368 e. The number of hydrogen-bond donors (Lipinski definition) is 5. The van der Waals surface area contributed by atoms with Crippen LogP contribution in [0.3, 0.4) is 0 Å². The molecule has 1 aliphatic carbocycles. The Morgan fingerprint density at radius 3 is 2.55 bits per heavy atom. The third-order valence-corrected chi connectivity index (χ3v) is 7.92. The van der Waals surface area contributed by atoms with Crippen molar-refractivity contribution in [2.24, 2.45) is 11.7 Å². The maximum absolute atomic E-state index is 13.5. The molecule has 10 nitrogen and oxygen atoms in total. The number of nitrogens with zero attached hydrogens (tertiary/aromatic N) is 1. The first-order valence-electron chi connectivity index (χ1n) is 13.8. The van der Waals surface area contributed by atoms with Crippen molar-refractivity contribution >= 4 is 29.4 Å². The van der Waals surface area contributed by atoms with Gasteiger partial charge < -0.3 is 31.9 Å². The number of nitrogens with two attached hydrogens (primary N) is 1. The fraction of sp³-hybridized carbons (Fsp3) is 0.630. The summed E-state index contributed by atoms with van der Waals surface area (Å²) in [5, 5.41) is 11.5. The van der Waals surface area contributed by atoms with Crippen molar-refractivity contribution in [2.45, 2.75) is 88.4 Å². The number of piperidine rings is 1. The van der Waals surface area contributed by atoms with Crippen LogP contribution in [0.5, 0.6) is 0 Å². The van der Waals surface area contributed by atoms with E-state index in [4.69, 9.17) is 5.73 Å². The quantitative estimate of drug-likeness (QED) is 0.349. The van der Waals surface area contributed by atoms with Crippen LogP contribution in [0.15, 0.2) is 24.3 Å². The molecule has 0 unspecified atom stereocenters. The molecule has 4 atom stereocenters. The van der Waals surface area contributed by atoms with Crippen LogP contribution in [0, 0.1) is 11.7 Å². The lowest BCUT2D eigenvalue weighted by atomic mass is 9.84. The lowest BCUT2D eigenvalue weighted by Crippen LogP contribution is -2.61. The molecule has 3 fully saturated rings. The average molecular weight is 531 g/mol. The van der Waals surface area contributed by atoms with E-state index in [0.717, 1.165) is 38.6 Å². The molecular formula is C27H39FN6O4. The molecule has 2 heterocycles. The predicted octanol–water partition coefficient (Wildman–Crippen LogP) is 2.00. The second kappa shape index (κ2) is 13.0. The second-order valence-electron chi connectivity index (χ2n) is 10.7. The Balaban J connectivity index is 1.43. The maximum Gasteiger partial charge on any atom is 0.319 e. The Morgan fingerprint density at radius 2 is 1.87 bits per heavy atom. The lowest BCUT2D eigenvalue weighted by Gasteiger charge is -2.40. The van der Waals surface area contributed by atoms with Gasteiger partial charge in [-0.15, -0.1) is 0 Å². The fourth-order valence-electron chi connectivity index (χ4n) is 5.89. The van der Waals surface area contributed by atoms with Gasteiger partial charge in [0.2, 0.25) is 17.7 Å². The number of amides is 5. The van der Waals surface area contributed by atoms with E-state index in [-0.39, 0.29) is 24.9 Å². The first-order valence-corrected chi connectivity index (χ1v) is 13.8. The Bertz CT molecular complexity index is 1010. The number of likely N-dealkylation sites (tertiary alicyclic amines) is 1. The van der Waals surface area contributed by atoms with Crippen LogP contribution in [0.4, 0.5) is 14.9 Å². The summed E-state index contributed by atoms with van der Waals surface area (Å²) in [6.07, 6.45) is 8.13. The molecule has 2 saturated heterocycles. The summed E-state index contributed by atoms with van der Waals surface area (Å²) >= 11 is 0. The van der Waals surface area contributed by atoms with E-state index in [0.29, 0.717) is 30.9 Å². The first kappa shape index (κ1) is 27.8. The van der Waals surface area contributed by atoms with E-state index in [9.17, 15) is 23.6 Å². The Labute approximate surface area is 222 Å². The molecule has 1 aromatic rings. The van der Waals surface area contributed by atoms with Crippen molar-refractivity contribution < 1.29 is 23.6 Å². The lowest BCUT2D eigenvalue weighted by molar-refractivity contribution is -0.144. The van der Waals surface area contributed by atoms with Crippen LogP contribution in [0.25, 0.3) is 0 Å². The number of halogens is 1. The monoisotopic (exact) mass is 530 g/mol. The minimum Gasteiger partial charge on any atom is -0.368 e. The van der Waals surface area contributed by atoms with Crippen molar-refractivity contribution in [3.63, 3.8) is 0 Å². The van der Waals surface area contributed by atoms with E-state index in [1.807, 2.05) is 0 Å². The van der Waals surface area contributed by atoms with Gasteiger partial charge in [-0.3, -0.25) is 14.4 Å². The standard InChI is InChI=1S/C27H39FN6O4/c28-18-8-4-9-19(15-18)31-27(38)32-20-11-13-34(26(37)21-10-5-12-30-21)23(16-20)25(36)33-22(24(29)35)14-17-6-2-1-3-7-17/h4,8-9,15,17,20-23,30H,1-3,5-7,10-14,16H2,(H2,29,35)(H,33,36)(H2,31,32,38)/t20-,21+,22-,23-/m0/s1. The molecule has 2 aliphatic heterocycles. The molecule has 5 amide bonds. The molecule has 4 rings (SSSR count). The molecule has 0 radical (unpaired) electrons. The minimum absolute atomic E-state index is 0.145. The maximum atomic E-state index is 13.5. The van der Waals surface area contributed by atoms with Gasteiger partial charge in [-0.25, -0.2) is 9.18 Å². The van der Waals surface area contributed by atoms with Gasteiger partial charge in [0, 0.05) is 18.3 Å². The van der Waals surface area contributed by atoms with Crippen LogP contribution in [0.1, 0.15) is 64.2 Å². The molecule has 0 bridgehead atoms. The van der Waals surface area contributed by atoms with E-state index in [1.165, 1.54) is 24.6 Å². The van der Waals surface area contributed by atoms with Gasteiger partial charge >= 0.3 is 6.03 Å². The van der Waals surface area contributed by atoms with Gasteiger partial charge in [-0.1, -0.05) is 38.2 Å². The van der Waals surface area contributed by atoms with E-state index < -0.39 is 41.8 Å². The van der Waals surface area contributed by atoms with Crippen LogP contribution < -0.4 is 27.0 Å². The molecule has 3 aliphatic rings.